The van der Waals surface area contributed by atoms with Crippen molar-refractivity contribution in [3.05, 3.63) is 103 Å². The average molecular weight is 514 g/mol. The first-order chi connectivity index (χ1) is 18.0. The Morgan fingerprint density at radius 1 is 1.00 bits per heavy atom. The van der Waals surface area contributed by atoms with Crippen molar-refractivity contribution in [3.63, 3.8) is 0 Å². The number of rotatable bonds is 10. The molecule has 1 amide bonds. The van der Waals surface area contributed by atoms with Crippen molar-refractivity contribution >= 4 is 28.5 Å². The number of primary amides is 1. The number of carbonyl (C=O) groups excluding carboxylic acids is 1. The van der Waals surface area contributed by atoms with Gasteiger partial charge in [-0.05, 0) is 58.8 Å². The van der Waals surface area contributed by atoms with E-state index >= 15 is 0 Å². The van der Waals surface area contributed by atoms with E-state index in [4.69, 9.17) is 33.4 Å². The summed E-state index contributed by atoms with van der Waals surface area (Å²) in [7, 11) is 0. The third kappa shape index (κ3) is 5.37. The standard InChI is InChI=1S/C26H24ClN9O/c1-2-22-33-21-15-20(26(28)37)24(27)23(18-7-3-16(4-8-18)11-13-31-34-29)25(21)36(22)19-9-5-17(6-10-19)12-14-32-35-30/h3-10,15H,2,11-14H2,1H3,(H2,28,37). The van der Waals surface area contributed by atoms with Crippen LogP contribution in [0, 0.1) is 0 Å². The highest BCUT2D eigenvalue weighted by Gasteiger charge is 2.23. The van der Waals surface area contributed by atoms with Crippen LogP contribution in [0.4, 0.5) is 0 Å². The zero-order valence-corrected chi connectivity index (χ0v) is 20.9. The Labute approximate surface area is 217 Å². The van der Waals surface area contributed by atoms with E-state index < -0.39 is 5.91 Å². The number of nitrogens with two attached hydrogens (primary N) is 1. The monoisotopic (exact) mass is 513 g/mol. The molecule has 0 saturated heterocycles. The Bertz CT molecular complexity index is 1550. The fraction of sp³-hybridized carbons (Fsp3) is 0.231. The summed E-state index contributed by atoms with van der Waals surface area (Å²) < 4.78 is 2.05. The van der Waals surface area contributed by atoms with Crippen molar-refractivity contribution in [3.8, 4) is 16.8 Å². The van der Waals surface area contributed by atoms with Gasteiger partial charge < -0.3 is 5.73 Å². The minimum atomic E-state index is -0.629. The van der Waals surface area contributed by atoms with Gasteiger partial charge in [0.2, 0.25) is 5.91 Å². The minimum absolute atomic E-state index is 0.206. The summed E-state index contributed by atoms with van der Waals surface area (Å²) in [6.45, 7) is 2.77. The van der Waals surface area contributed by atoms with Crippen molar-refractivity contribution in [1.29, 1.82) is 0 Å². The maximum atomic E-state index is 12.3. The summed E-state index contributed by atoms with van der Waals surface area (Å²) in [6, 6.07) is 17.4. The van der Waals surface area contributed by atoms with E-state index in [1.54, 1.807) is 6.07 Å². The molecule has 0 fully saturated rings. The molecule has 0 bridgehead atoms. The fourth-order valence-electron chi connectivity index (χ4n) is 4.32. The first kappa shape index (κ1) is 25.6. The second kappa shape index (κ2) is 11.5. The van der Waals surface area contributed by atoms with Crippen LogP contribution >= 0.6 is 11.6 Å². The van der Waals surface area contributed by atoms with Crippen molar-refractivity contribution in [2.75, 3.05) is 13.1 Å². The minimum Gasteiger partial charge on any atom is -0.366 e. The predicted molar refractivity (Wildman–Crippen MR) is 145 cm³/mol. The summed E-state index contributed by atoms with van der Waals surface area (Å²) in [5.74, 6) is 0.179. The highest BCUT2D eigenvalue weighted by molar-refractivity contribution is 6.38. The number of hydrogen-bond donors (Lipinski definition) is 1. The van der Waals surface area contributed by atoms with E-state index in [0.717, 1.165) is 33.7 Å². The SMILES string of the molecule is CCc1nc2cc(C(N)=O)c(Cl)c(-c3ccc(CCN=[N+]=[N-])cc3)c2n1-c1ccc(CCN=[N+]=[N-])cc1. The van der Waals surface area contributed by atoms with Crippen LogP contribution in [0.2, 0.25) is 5.02 Å². The van der Waals surface area contributed by atoms with Gasteiger partial charge in [-0.2, -0.15) is 0 Å². The Balaban J connectivity index is 1.90. The molecule has 4 aromatic rings. The van der Waals surface area contributed by atoms with Crippen LogP contribution in [-0.2, 0) is 19.3 Å². The number of aryl methyl sites for hydroxylation is 1. The molecule has 0 unspecified atom stereocenters. The topological polar surface area (TPSA) is 158 Å². The zero-order valence-electron chi connectivity index (χ0n) is 20.2. The van der Waals surface area contributed by atoms with Gasteiger partial charge in [-0.25, -0.2) is 4.98 Å². The maximum absolute atomic E-state index is 12.3. The van der Waals surface area contributed by atoms with Crippen LogP contribution in [0.1, 0.15) is 34.2 Å². The lowest BCUT2D eigenvalue weighted by atomic mass is 9.98. The highest BCUT2D eigenvalue weighted by Crippen LogP contribution is 2.39. The maximum Gasteiger partial charge on any atom is 0.250 e. The van der Waals surface area contributed by atoms with Crippen LogP contribution in [0.5, 0.6) is 0 Å². The summed E-state index contributed by atoms with van der Waals surface area (Å²) in [5, 5.41) is 7.46. The van der Waals surface area contributed by atoms with E-state index in [0.29, 0.717) is 43.4 Å². The third-order valence-corrected chi connectivity index (χ3v) is 6.49. The van der Waals surface area contributed by atoms with Crippen LogP contribution in [0.3, 0.4) is 0 Å². The number of amides is 1. The molecule has 11 heteroatoms. The normalized spacial score (nSPS) is 10.6. The summed E-state index contributed by atoms with van der Waals surface area (Å²) >= 11 is 6.83. The smallest absolute Gasteiger partial charge is 0.250 e. The number of benzene rings is 3. The quantitative estimate of drug-likeness (QED) is 0.142. The molecule has 1 aromatic heterocycles. The molecule has 0 aliphatic rings. The van der Waals surface area contributed by atoms with Gasteiger partial charge in [0.25, 0.3) is 0 Å². The van der Waals surface area contributed by atoms with Crippen LogP contribution < -0.4 is 5.73 Å². The molecule has 0 aliphatic heterocycles. The van der Waals surface area contributed by atoms with Gasteiger partial charge in [0.05, 0.1) is 21.6 Å². The van der Waals surface area contributed by atoms with Gasteiger partial charge in [-0.1, -0.05) is 65.2 Å². The lowest BCUT2D eigenvalue weighted by Gasteiger charge is -2.15. The van der Waals surface area contributed by atoms with Crippen LogP contribution in [-0.4, -0.2) is 28.5 Å². The van der Waals surface area contributed by atoms with Gasteiger partial charge in [-0.15, -0.1) is 0 Å². The predicted octanol–water partition coefficient (Wildman–Crippen LogP) is 6.71. The number of imidazole rings is 1. The molecule has 2 N–H and O–H groups in total. The largest absolute Gasteiger partial charge is 0.366 e. The van der Waals surface area contributed by atoms with Crippen molar-refractivity contribution in [1.82, 2.24) is 9.55 Å². The number of azide groups is 2. The van der Waals surface area contributed by atoms with E-state index in [1.165, 1.54) is 0 Å². The number of halogens is 1. The molecule has 0 saturated carbocycles. The number of hydrogen-bond acceptors (Lipinski definition) is 4. The van der Waals surface area contributed by atoms with Gasteiger partial charge in [0.1, 0.15) is 5.82 Å². The molecule has 10 nitrogen and oxygen atoms in total. The molecule has 0 aliphatic carbocycles. The van der Waals surface area contributed by atoms with Gasteiger partial charge in [0.15, 0.2) is 0 Å². The highest BCUT2D eigenvalue weighted by atomic mass is 35.5. The summed E-state index contributed by atoms with van der Waals surface area (Å²) in [5.41, 5.74) is 28.7. The molecular formula is C26H24ClN9O. The van der Waals surface area contributed by atoms with Gasteiger partial charge in [-0.3, -0.25) is 9.36 Å². The van der Waals surface area contributed by atoms with Crippen molar-refractivity contribution in [2.45, 2.75) is 26.2 Å². The number of carbonyl (C=O) groups is 1. The molecular weight excluding hydrogens is 490 g/mol. The summed E-state index contributed by atoms with van der Waals surface area (Å²) in [4.78, 5) is 22.7. The van der Waals surface area contributed by atoms with E-state index in [1.807, 2.05) is 60.0 Å². The zero-order chi connectivity index (χ0) is 26.4. The van der Waals surface area contributed by atoms with Crippen molar-refractivity contribution in [2.24, 2.45) is 16.0 Å². The molecule has 0 spiro atoms. The Hall–Kier alpha value is -4.49. The first-order valence-corrected chi connectivity index (χ1v) is 12.1. The molecule has 37 heavy (non-hydrogen) atoms. The van der Waals surface area contributed by atoms with Crippen molar-refractivity contribution < 1.29 is 4.79 Å². The lowest BCUT2D eigenvalue weighted by molar-refractivity contribution is 0.100. The fourth-order valence-corrected chi connectivity index (χ4v) is 4.67. The molecule has 4 rings (SSSR count). The molecule has 0 radical (unpaired) electrons. The van der Waals surface area contributed by atoms with E-state index in [2.05, 4.69) is 20.1 Å². The van der Waals surface area contributed by atoms with E-state index in [-0.39, 0.29) is 10.6 Å². The Kier molecular flexibility index (Phi) is 7.95. The second-order valence-electron chi connectivity index (χ2n) is 8.33. The van der Waals surface area contributed by atoms with Crippen LogP contribution in [0.15, 0.2) is 64.8 Å². The Morgan fingerprint density at radius 3 is 2.08 bits per heavy atom. The summed E-state index contributed by atoms with van der Waals surface area (Å²) in [6.07, 6.45) is 1.90. The molecule has 0 atom stereocenters. The second-order valence-corrected chi connectivity index (χ2v) is 8.71. The van der Waals surface area contributed by atoms with Gasteiger partial charge >= 0.3 is 0 Å². The average Bonchev–Trinajstić information content (AvgIpc) is 3.28. The third-order valence-electron chi connectivity index (χ3n) is 6.09. The molecule has 1 heterocycles. The first-order valence-electron chi connectivity index (χ1n) is 11.7. The number of aromatic nitrogens is 2. The number of fused-ring (bicyclic) bond motifs is 1. The molecule has 186 valence electrons. The number of nitrogens with zero attached hydrogens (tertiary/aromatic N) is 8. The Morgan fingerprint density at radius 2 is 1.57 bits per heavy atom. The van der Waals surface area contributed by atoms with Crippen LogP contribution in [0.25, 0.3) is 48.7 Å². The molecule has 3 aromatic carbocycles. The van der Waals surface area contributed by atoms with Gasteiger partial charge in [0, 0.05) is 40.6 Å². The lowest BCUT2D eigenvalue weighted by Crippen LogP contribution is -2.12. The van der Waals surface area contributed by atoms with E-state index in [9.17, 15) is 4.79 Å².